The van der Waals surface area contributed by atoms with E-state index in [1.165, 1.54) is 25.7 Å². The largest absolute Gasteiger partial charge is 0.484 e. The van der Waals surface area contributed by atoms with Crippen molar-refractivity contribution in [3.63, 3.8) is 0 Å². The molecule has 0 aromatic heterocycles. The normalized spacial score (nSPS) is 17.9. The lowest BCUT2D eigenvalue weighted by Gasteiger charge is -2.38. The standard InChI is InChI=1S/C20H30N4O2.HI/c1-3-22-18(25)14-26-17-7-4-6-16(12-17)13-23-19(21-2)24-11-10-20(15-24)8-5-9-20;/h4,6-7,12H,3,5,8-11,13-15H2,1-2H3,(H,21,23)(H,22,25);1H. The number of nitrogens with one attached hydrogen (secondary N) is 2. The molecule has 0 radical (unpaired) electrons. The highest BCUT2D eigenvalue weighted by atomic mass is 127. The van der Waals surface area contributed by atoms with Gasteiger partial charge in [0.05, 0.1) is 0 Å². The maximum absolute atomic E-state index is 11.5. The molecule has 0 atom stereocenters. The Bertz CT molecular complexity index is 661. The molecule has 2 aliphatic rings. The maximum Gasteiger partial charge on any atom is 0.257 e. The van der Waals surface area contributed by atoms with Crippen molar-refractivity contribution in [3.05, 3.63) is 29.8 Å². The number of guanidine groups is 1. The summed E-state index contributed by atoms with van der Waals surface area (Å²) in [4.78, 5) is 18.4. The Kier molecular flexibility index (Phi) is 8.19. The number of rotatable bonds is 6. The van der Waals surface area contributed by atoms with E-state index in [4.69, 9.17) is 4.74 Å². The molecule has 1 saturated carbocycles. The predicted molar refractivity (Wildman–Crippen MR) is 119 cm³/mol. The van der Waals surface area contributed by atoms with Crippen molar-refractivity contribution in [1.82, 2.24) is 15.5 Å². The van der Waals surface area contributed by atoms with Crippen molar-refractivity contribution in [2.45, 2.75) is 39.2 Å². The Morgan fingerprint density at radius 1 is 1.30 bits per heavy atom. The second-order valence-corrected chi connectivity index (χ2v) is 7.32. The van der Waals surface area contributed by atoms with Gasteiger partial charge in [-0.25, -0.2) is 0 Å². The van der Waals surface area contributed by atoms with E-state index in [2.05, 4.69) is 26.6 Å². The smallest absolute Gasteiger partial charge is 0.257 e. The van der Waals surface area contributed by atoms with Crippen LogP contribution in [0.25, 0.3) is 0 Å². The van der Waals surface area contributed by atoms with Crippen molar-refractivity contribution >= 4 is 35.8 Å². The highest BCUT2D eigenvalue weighted by Gasteiger charge is 2.43. The molecule has 3 rings (SSSR count). The number of benzene rings is 1. The average Bonchev–Trinajstić information content (AvgIpc) is 3.07. The number of amides is 1. The van der Waals surface area contributed by atoms with Gasteiger partial charge in [0, 0.05) is 33.2 Å². The van der Waals surface area contributed by atoms with Crippen LogP contribution < -0.4 is 15.4 Å². The van der Waals surface area contributed by atoms with E-state index in [-0.39, 0.29) is 36.5 Å². The van der Waals surface area contributed by atoms with Gasteiger partial charge in [-0.3, -0.25) is 9.79 Å². The summed E-state index contributed by atoms with van der Waals surface area (Å²) in [6.45, 7) is 5.46. The summed E-state index contributed by atoms with van der Waals surface area (Å²) in [6, 6.07) is 7.85. The zero-order valence-corrected chi connectivity index (χ0v) is 18.6. The zero-order valence-electron chi connectivity index (χ0n) is 16.3. The first kappa shape index (κ1) is 21.8. The molecule has 150 valence electrons. The molecule has 0 bridgehead atoms. The quantitative estimate of drug-likeness (QED) is 0.369. The first-order chi connectivity index (χ1) is 12.6. The van der Waals surface area contributed by atoms with Crippen LogP contribution in [0.5, 0.6) is 5.75 Å². The molecule has 1 saturated heterocycles. The van der Waals surface area contributed by atoms with Crippen LogP contribution in [-0.4, -0.2) is 50.1 Å². The number of likely N-dealkylation sites (tertiary alicyclic amines) is 1. The van der Waals surface area contributed by atoms with Crippen molar-refractivity contribution in [1.29, 1.82) is 0 Å². The van der Waals surface area contributed by atoms with Crippen molar-refractivity contribution in [2.24, 2.45) is 10.4 Å². The molecule has 2 N–H and O–H groups in total. The number of halogens is 1. The zero-order chi connectivity index (χ0) is 18.4. The number of carbonyl (C=O) groups is 1. The van der Waals surface area contributed by atoms with Crippen LogP contribution in [0.2, 0.25) is 0 Å². The Hall–Kier alpha value is -1.51. The Morgan fingerprint density at radius 3 is 2.74 bits per heavy atom. The number of nitrogens with zero attached hydrogens (tertiary/aromatic N) is 2. The lowest BCUT2D eigenvalue weighted by molar-refractivity contribution is -0.122. The van der Waals surface area contributed by atoms with Gasteiger partial charge in [0.25, 0.3) is 5.91 Å². The SMILES string of the molecule is CCNC(=O)COc1cccc(CNC(=NC)N2CCC3(CCC3)C2)c1.I. The molecular weight excluding hydrogens is 455 g/mol. The first-order valence-corrected chi connectivity index (χ1v) is 9.58. The molecule has 1 heterocycles. The molecule has 1 aromatic rings. The number of hydrogen-bond donors (Lipinski definition) is 2. The van der Waals surface area contributed by atoms with Gasteiger partial charge < -0.3 is 20.3 Å². The number of ether oxygens (including phenoxy) is 1. The van der Waals surface area contributed by atoms with Gasteiger partial charge in [-0.1, -0.05) is 18.6 Å². The van der Waals surface area contributed by atoms with Crippen LogP contribution in [-0.2, 0) is 11.3 Å². The summed E-state index contributed by atoms with van der Waals surface area (Å²) >= 11 is 0. The first-order valence-electron chi connectivity index (χ1n) is 9.58. The van der Waals surface area contributed by atoms with Crippen LogP contribution in [0.15, 0.2) is 29.3 Å². The minimum absolute atomic E-state index is 0. The van der Waals surface area contributed by atoms with Crippen LogP contribution >= 0.6 is 24.0 Å². The highest BCUT2D eigenvalue weighted by molar-refractivity contribution is 14.0. The molecular formula is C20H31IN4O2. The number of aliphatic imine (C=N–C) groups is 1. The van der Waals surface area contributed by atoms with E-state index >= 15 is 0 Å². The molecule has 27 heavy (non-hydrogen) atoms. The van der Waals surface area contributed by atoms with Crippen molar-refractivity contribution < 1.29 is 9.53 Å². The Morgan fingerprint density at radius 2 is 2.11 bits per heavy atom. The second-order valence-electron chi connectivity index (χ2n) is 7.32. The minimum Gasteiger partial charge on any atom is -0.484 e. The monoisotopic (exact) mass is 486 g/mol. The van der Waals surface area contributed by atoms with Crippen molar-refractivity contribution in [2.75, 3.05) is 33.3 Å². The third-order valence-electron chi connectivity index (χ3n) is 5.46. The second kappa shape index (κ2) is 10.1. The number of carbonyl (C=O) groups excluding carboxylic acids is 1. The van der Waals surface area contributed by atoms with E-state index in [0.717, 1.165) is 24.6 Å². The lowest BCUT2D eigenvalue weighted by Crippen LogP contribution is -2.42. The molecule has 2 fully saturated rings. The summed E-state index contributed by atoms with van der Waals surface area (Å²) in [5.41, 5.74) is 1.67. The fourth-order valence-corrected chi connectivity index (χ4v) is 3.86. The summed E-state index contributed by atoms with van der Waals surface area (Å²) in [5.74, 6) is 1.58. The van der Waals surface area contributed by atoms with Gasteiger partial charge in [0.1, 0.15) is 5.75 Å². The molecule has 1 spiro atoms. The Balaban J connectivity index is 0.00000261. The fourth-order valence-electron chi connectivity index (χ4n) is 3.86. The van der Waals surface area contributed by atoms with Crippen molar-refractivity contribution in [3.8, 4) is 5.75 Å². The third-order valence-corrected chi connectivity index (χ3v) is 5.46. The molecule has 1 aliphatic heterocycles. The predicted octanol–water partition coefficient (Wildman–Crippen LogP) is 2.77. The molecule has 1 amide bonds. The molecule has 1 aromatic carbocycles. The Labute approximate surface area is 179 Å². The fraction of sp³-hybridized carbons (Fsp3) is 0.600. The highest BCUT2D eigenvalue weighted by Crippen LogP contribution is 2.47. The minimum atomic E-state index is -0.101. The van der Waals surface area contributed by atoms with Crippen LogP contribution in [0.4, 0.5) is 0 Å². The molecule has 6 nitrogen and oxygen atoms in total. The third kappa shape index (κ3) is 5.73. The van der Waals surface area contributed by atoms with Gasteiger partial charge in [-0.05, 0) is 49.3 Å². The molecule has 0 unspecified atom stereocenters. The van der Waals surface area contributed by atoms with Gasteiger partial charge in [0.2, 0.25) is 0 Å². The van der Waals surface area contributed by atoms with Crippen LogP contribution in [0, 0.1) is 5.41 Å². The summed E-state index contributed by atoms with van der Waals surface area (Å²) in [5, 5.41) is 6.20. The van der Waals surface area contributed by atoms with E-state index in [9.17, 15) is 4.79 Å². The maximum atomic E-state index is 11.5. The van der Waals surface area contributed by atoms with Gasteiger partial charge in [0.15, 0.2) is 12.6 Å². The summed E-state index contributed by atoms with van der Waals surface area (Å²) in [6.07, 6.45) is 5.40. The van der Waals surface area contributed by atoms with E-state index in [0.29, 0.717) is 24.3 Å². The van der Waals surface area contributed by atoms with Gasteiger partial charge in [-0.2, -0.15) is 0 Å². The van der Waals surface area contributed by atoms with Gasteiger partial charge >= 0.3 is 0 Å². The van der Waals surface area contributed by atoms with Crippen LogP contribution in [0.3, 0.4) is 0 Å². The van der Waals surface area contributed by atoms with E-state index in [1.54, 1.807) is 0 Å². The van der Waals surface area contributed by atoms with E-state index in [1.807, 2.05) is 32.2 Å². The van der Waals surface area contributed by atoms with Gasteiger partial charge in [-0.15, -0.1) is 24.0 Å². The number of likely N-dealkylation sites (N-methyl/N-ethyl adjacent to an activating group) is 1. The summed E-state index contributed by atoms with van der Waals surface area (Å²) in [7, 11) is 1.85. The summed E-state index contributed by atoms with van der Waals surface area (Å²) < 4.78 is 5.56. The molecule has 1 aliphatic carbocycles. The van der Waals surface area contributed by atoms with Crippen LogP contribution in [0.1, 0.15) is 38.2 Å². The number of hydrogen-bond acceptors (Lipinski definition) is 3. The average molecular weight is 486 g/mol. The molecule has 7 heteroatoms. The topological polar surface area (TPSA) is 66.0 Å². The lowest BCUT2D eigenvalue weighted by atomic mass is 9.68. The van der Waals surface area contributed by atoms with E-state index < -0.39 is 0 Å².